The summed E-state index contributed by atoms with van der Waals surface area (Å²) >= 11 is 0. The van der Waals surface area contributed by atoms with Gasteiger partial charge >= 0.3 is 0 Å². The van der Waals surface area contributed by atoms with E-state index < -0.39 is 0 Å². The molecule has 0 aromatic heterocycles. The van der Waals surface area contributed by atoms with E-state index in [0.717, 1.165) is 17.1 Å². The van der Waals surface area contributed by atoms with Gasteiger partial charge in [0.25, 0.3) is 0 Å². The minimum Gasteiger partial charge on any atom is -0.454 e. The van der Waals surface area contributed by atoms with Crippen molar-refractivity contribution in [2.75, 3.05) is 6.79 Å². The molecule has 0 bridgehead atoms. The molecular formula is C17H12O2. The summed E-state index contributed by atoms with van der Waals surface area (Å²) in [5.41, 5.74) is 4.91. The summed E-state index contributed by atoms with van der Waals surface area (Å²) in [4.78, 5) is 0. The summed E-state index contributed by atoms with van der Waals surface area (Å²) in [5, 5.41) is 0. The maximum atomic E-state index is 5.40. The standard InChI is InChI=1S/C17H12O2/c1-2-4-15-13(3-1)6-7-14(15)9-12-5-8-16-17(10-12)19-11-18-16/h1-10H,11H2/b14-9-. The molecule has 2 nitrogen and oxygen atoms in total. The van der Waals surface area contributed by atoms with Crippen LogP contribution in [0.1, 0.15) is 16.7 Å². The first-order chi connectivity index (χ1) is 9.40. The molecule has 92 valence electrons. The van der Waals surface area contributed by atoms with Crippen LogP contribution in [0.2, 0.25) is 0 Å². The molecule has 0 unspecified atom stereocenters. The Balaban J connectivity index is 1.76. The Bertz CT molecular complexity index is 711. The molecule has 1 aliphatic heterocycles. The number of benzene rings is 2. The summed E-state index contributed by atoms with van der Waals surface area (Å²) in [7, 11) is 0. The van der Waals surface area contributed by atoms with Crippen LogP contribution in [0.5, 0.6) is 11.5 Å². The van der Waals surface area contributed by atoms with Gasteiger partial charge in [0.2, 0.25) is 6.79 Å². The first-order valence-electron chi connectivity index (χ1n) is 6.29. The van der Waals surface area contributed by atoms with Gasteiger partial charge in [-0.3, -0.25) is 0 Å². The molecular weight excluding hydrogens is 236 g/mol. The van der Waals surface area contributed by atoms with Crippen LogP contribution < -0.4 is 9.47 Å². The second-order valence-corrected chi connectivity index (χ2v) is 4.63. The van der Waals surface area contributed by atoms with Crippen molar-refractivity contribution in [3.63, 3.8) is 0 Å². The topological polar surface area (TPSA) is 18.5 Å². The van der Waals surface area contributed by atoms with Gasteiger partial charge in [0, 0.05) is 0 Å². The lowest BCUT2D eigenvalue weighted by Gasteiger charge is -2.02. The molecule has 4 rings (SSSR count). The van der Waals surface area contributed by atoms with Gasteiger partial charge in [0.15, 0.2) is 11.5 Å². The third kappa shape index (κ3) is 1.73. The van der Waals surface area contributed by atoms with Crippen molar-refractivity contribution in [1.82, 2.24) is 0 Å². The van der Waals surface area contributed by atoms with Crippen molar-refractivity contribution in [1.29, 1.82) is 0 Å². The quantitative estimate of drug-likeness (QED) is 0.760. The minimum absolute atomic E-state index is 0.318. The van der Waals surface area contributed by atoms with Crippen molar-refractivity contribution in [3.8, 4) is 11.5 Å². The second kappa shape index (κ2) is 4.02. The van der Waals surface area contributed by atoms with Gasteiger partial charge in [0.05, 0.1) is 0 Å². The number of fused-ring (bicyclic) bond motifs is 2. The monoisotopic (exact) mass is 248 g/mol. The molecule has 0 N–H and O–H groups in total. The predicted octanol–water partition coefficient (Wildman–Crippen LogP) is 3.98. The zero-order valence-electron chi connectivity index (χ0n) is 10.3. The molecule has 0 fully saturated rings. The summed E-state index contributed by atoms with van der Waals surface area (Å²) in [6.45, 7) is 0.318. The lowest BCUT2D eigenvalue weighted by molar-refractivity contribution is 0.174. The molecule has 1 aliphatic carbocycles. The Morgan fingerprint density at radius 1 is 0.895 bits per heavy atom. The van der Waals surface area contributed by atoms with E-state index in [1.54, 1.807) is 0 Å². The highest BCUT2D eigenvalue weighted by Gasteiger charge is 2.14. The first-order valence-corrected chi connectivity index (χ1v) is 6.29. The van der Waals surface area contributed by atoms with Crippen LogP contribution in [0.15, 0.2) is 48.5 Å². The molecule has 0 spiro atoms. The van der Waals surface area contributed by atoms with E-state index in [0.29, 0.717) is 6.79 Å². The number of rotatable bonds is 1. The fourth-order valence-corrected chi connectivity index (χ4v) is 2.48. The van der Waals surface area contributed by atoms with E-state index in [4.69, 9.17) is 9.47 Å². The zero-order chi connectivity index (χ0) is 12.7. The normalized spacial score (nSPS) is 16.9. The molecule has 0 radical (unpaired) electrons. The fourth-order valence-electron chi connectivity index (χ4n) is 2.48. The number of allylic oxidation sites excluding steroid dienone is 2. The van der Waals surface area contributed by atoms with E-state index >= 15 is 0 Å². The Hall–Kier alpha value is -2.48. The summed E-state index contributed by atoms with van der Waals surface area (Å²) in [5.74, 6) is 1.65. The van der Waals surface area contributed by atoms with Crippen molar-refractivity contribution in [3.05, 3.63) is 65.2 Å². The molecule has 2 heteroatoms. The van der Waals surface area contributed by atoms with Crippen LogP contribution in [0.4, 0.5) is 0 Å². The molecule has 0 amide bonds. The zero-order valence-corrected chi connectivity index (χ0v) is 10.3. The van der Waals surface area contributed by atoms with Gasteiger partial charge in [-0.05, 0) is 40.5 Å². The minimum atomic E-state index is 0.318. The Kier molecular flexibility index (Phi) is 2.21. The maximum absolute atomic E-state index is 5.40. The van der Waals surface area contributed by atoms with Crippen molar-refractivity contribution in [2.45, 2.75) is 0 Å². The van der Waals surface area contributed by atoms with Crippen LogP contribution in [0.25, 0.3) is 17.7 Å². The number of hydrogen-bond donors (Lipinski definition) is 0. The van der Waals surface area contributed by atoms with Crippen molar-refractivity contribution < 1.29 is 9.47 Å². The maximum Gasteiger partial charge on any atom is 0.231 e. The second-order valence-electron chi connectivity index (χ2n) is 4.63. The third-order valence-corrected chi connectivity index (χ3v) is 3.43. The smallest absolute Gasteiger partial charge is 0.231 e. The number of hydrogen-bond acceptors (Lipinski definition) is 2. The van der Waals surface area contributed by atoms with E-state index in [1.807, 2.05) is 12.1 Å². The molecule has 2 aromatic carbocycles. The summed E-state index contributed by atoms with van der Waals surface area (Å²) in [6, 6.07) is 14.4. The van der Waals surface area contributed by atoms with Crippen LogP contribution in [-0.4, -0.2) is 6.79 Å². The largest absolute Gasteiger partial charge is 0.454 e. The Labute approximate surface area is 111 Å². The Morgan fingerprint density at radius 3 is 2.79 bits per heavy atom. The lowest BCUT2D eigenvalue weighted by atomic mass is 10.0. The van der Waals surface area contributed by atoms with Gasteiger partial charge in [-0.25, -0.2) is 0 Å². The van der Waals surface area contributed by atoms with E-state index in [2.05, 4.69) is 48.6 Å². The highest BCUT2D eigenvalue weighted by molar-refractivity contribution is 5.97. The van der Waals surface area contributed by atoms with E-state index in [-0.39, 0.29) is 0 Å². The highest BCUT2D eigenvalue weighted by Crippen LogP contribution is 2.35. The molecule has 19 heavy (non-hydrogen) atoms. The fraction of sp³-hybridized carbons (Fsp3) is 0.0588. The number of ether oxygens (including phenoxy) is 2. The molecule has 2 aliphatic rings. The summed E-state index contributed by atoms with van der Waals surface area (Å²) in [6.07, 6.45) is 6.47. The predicted molar refractivity (Wildman–Crippen MR) is 75.9 cm³/mol. The van der Waals surface area contributed by atoms with Crippen LogP contribution in [0, 0.1) is 0 Å². The van der Waals surface area contributed by atoms with Gasteiger partial charge in [-0.1, -0.05) is 42.5 Å². The molecule has 1 heterocycles. The van der Waals surface area contributed by atoms with Crippen LogP contribution >= 0.6 is 0 Å². The van der Waals surface area contributed by atoms with Crippen LogP contribution in [0.3, 0.4) is 0 Å². The van der Waals surface area contributed by atoms with Gasteiger partial charge in [0.1, 0.15) is 0 Å². The SMILES string of the molecule is C1=Cc2ccccc2/C1=C\c1ccc2c(c1)OCO2. The van der Waals surface area contributed by atoms with Gasteiger partial charge in [-0.2, -0.15) is 0 Å². The average Bonchev–Trinajstić information content (AvgIpc) is 3.06. The van der Waals surface area contributed by atoms with E-state index in [9.17, 15) is 0 Å². The molecule has 0 saturated heterocycles. The highest BCUT2D eigenvalue weighted by atomic mass is 16.7. The lowest BCUT2D eigenvalue weighted by Crippen LogP contribution is -1.92. The molecule has 2 aromatic rings. The average molecular weight is 248 g/mol. The summed E-state index contributed by atoms with van der Waals surface area (Å²) < 4.78 is 10.7. The molecule has 0 atom stereocenters. The third-order valence-electron chi connectivity index (χ3n) is 3.43. The van der Waals surface area contributed by atoms with Gasteiger partial charge in [-0.15, -0.1) is 0 Å². The van der Waals surface area contributed by atoms with Crippen LogP contribution in [-0.2, 0) is 0 Å². The molecule has 0 saturated carbocycles. The Morgan fingerprint density at radius 2 is 1.79 bits per heavy atom. The van der Waals surface area contributed by atoms with Crippen molar-refractivity contribution in [2.24, 2.45) is 0 Å². The van der Waals surface area contributed by atoms with Crippen molar-refractivity contribution >= 4 is 17.7 Å². The van der Waals surface area contributed by atoms with Gasteiger partial charge < -0.3 is 9.47 Å². The first kappa shape index (κ1) is 10.4. The van der Waals surface area contributed by atoms with E-state index in [1.165, 1.54) is 16.7 Å².